The van der Waals surface area contributed by atoms with E-state index < -0.39 is 5.60 Å². The standard InChI is InChI=1S/C8H20N2O/c1-8(2,11)7-10(4)6-5-9-3/h9,11H,5-7H2,1-4H3. The van der Waals surface area contributed by atoms with Gasteiger partial charge < -0.3 is 15.3 Å². The van der Waals surface area contributed by atoms with Gasteiger partial charge in [-0.15, -0.1) is 0 Å². The van der Waals surface area contributed by atoms with Crippen LogP contribution in [0.25, 0.3) is 0 Å². The van der Waals surface area contributed by atoms with Crippen LogP contribution in [0.15, 0.2) is 0 Å². The third kappa shape index (κ3) is 7.78. The Hall–Kier alpha value is -0.120. The molecule has 0 aromatic rings. The van der Waals surface area contributed by atoms with Crippen LogP contribution in [0.5, 0.6) is 0 Å². The summed E-state index contributed by atoms with van der Waals surface area (Å²) in [7, 11) is 3.94. The summed E-state index contributed by atoms with van der Waals surface area (Å²) in [5.41, 5.74) is -0.581. The number of nitrogens with zero attached hydrogens (tertiary/aromatic N) is 1. The summed E-state index contributed by atoms with van der Waals surface area (Å²) in [6.45, 7) is 6.30. The van der Waals surface area contributed by atoms with E-state index in [1.54, 1.807) is 0 Å². The highest BCUT2D eigenvalue weighted by molar-refractivity contribution is 4.69. The van der Waals surface area contributed by atoms with Crippen molar-refractivity contribution in [1.29, 1.82) is 0 Å². The Kier molecular flexibility index (Phi) is 4.65. The van der Waals surface area contributed by atoms with Gasteiger partial charge in [0.2, 0.25) is 0 Å². The van der Waals surface area contributed by atoms with Crippen LogP contribution < -0.4 is 5.32 Å². The Morgan fingerprint density at radius 3 is 2.36 bits per heavy atom. The molecule has 0 unspecified atom stereocenters. The second-order valence-electron chi connectivity index (χ2n) is 3.65. The molecule has 0 aliphatic carbocycles. The monoisotopic (exact) mass is 160 g/mol. The number of likely N-dealkylation sites (N-methyl/N-ethyl adjacent to an activating group) is 2. The lowest BCUT2D eigenvalue weighted by Crippen LogP contribution is -2.38. The van der Waals surface area contributed by atoms with Gasteiger partial charge in [0.05, 0.1) is 5.60 Å². The summed E-state index contributed by atoms with van der Waals surface area (Å²) < 4.78 is 0. The first kappa shape index (κ1) is 10.9. The highest BCUT2D eigenvalue weighted by Crippen LogP contribution is 2.01. The van der Waals surface area contributed by atoms with Crippen LogP contribution >= 0.6 is 0 Å². The fourth-order valence-electron chi connectivity index (χ4n) is 1.04. The van der Waals surface area contributed by atoms with E-state index in [9.17, 15) is 5.11 Å². The zero-order valence-corrected chi connectivity index (χ0v) is 8.02. The van der Waals surface area contributed by atoms with Crippen molar-refractivity contribution in [3.8, 4) is 0 Å². The molecule has 2 N–H and O–H groups in total. The minimum absolute atomic E-state index is 0.581. The van der Waals surface area contributed by atoms with Crippen molar-refractivity contribution in [2.75, 3.05) is 33.7 Å². The molecule has 0 amide bonds. The summed E-state index contributed by atoms with van der Waals surface area (Å²) in [5, 5.41) is 12.5. The lowest BCUT2D eigenvalue weighted by molar-refractivity contribution is 0.0451. The second kappa shape index (κ2) is 4.70. The molecule has 0 saturated heterocycles. The van der Waals surface area contributed by atoms with Gasteiger partial charge in [0.15, 0.2) is 0 Å². The van der Waals surface area contributed by atoms with Gasteiger partial charge in [-0.05, 0) is 27.9 Å². The van der Waals surface area contributed by atoms with Crippen LogP contribution in [-0.2, 0) is 0 Å². The molecule has 0 heterocycles. The zero-order chi connectivity index (χ0) is 8.91. The second-order valence-corrected chi connectivity index (χ2v) is 3.65. The molecule has 0 spiro atoms. The van der Waals surface area contributed by atoms with Gasteiger partial charge in [-0.3, -0.25) is 0 Å². The van der Waals surface area contributed by atoms with Crippen molar-refractivity contribution in [3.05, 3.63) is 0 Å². The predicted octanol–water partition coefficient (Wildman–Crippen LogP) is -0.0915. The molecule has 0 fully saturated rings. The first-order chi connectivity index (χ1) is 4.95. The third-order valence-corrected chi connectivity index (χ3v) is 1.40. The summed E-state index contributed by atoms with van der Waals surface area (Å²) in [6.07, 6.45) is 0. The maximum atomic E-state index is 9.43. The van der Waals surface area contributed by atoms with E-state index in [4.69, 9.17) is 0 Å². The molecule has 0 rings (SSSR count). The van der Waals surface area contributed by atoms with E-state index in [0.717, 1.165) is 13.1 Å². The van der Waals surface area contributed by atoms with Crippen LogP contribution in [0.1, 0.15) is 13.8 Å². The SMILES string of the molecule is CNCCN(C)CC(C)(C)O. The average Bonchev–Trinajstić information content (AvgIpc) is 1.79. The van der Waals surface area contributed by atoms with Gasteiger partial charge in [-0.2, -0.15) is 0 Å². The first-order valence-corrected chi connectivity index (χ1v) is 4.01. The van der Waals surface area contributed by atoms with Crippen molar-refractivity contribution >= 4 is 0 Å². The average molecular weight is 160 g/mol. The highest BCUT2D eigenvalue weighted by atomic mass is 16.3. The fraction of sp³-hybridized carbons (Fsp3) is 1.00. The highest BCUT2D eigenvalue weighted by Gasteiger charge is 2.14. The molecule has 68 valence electrons. The van der Waals surface area contributed by atoms with Gasteiger partial charge >= 0.3 is 0 Å². The molecule has 0 bridgehead atoms. The summed E-state index contributed by atoms with van der Waals surface area (Å²) in [5.74, 6) is 0. The Labute approximate surface area is 69.4 Å². The largest absolute Gasteiger partial charge is 0.389 e. The zero-order valence-electron chi connectivity index (χ0n) is 8.02. The predicted molar refractivity (Wildman–Crippen MR) is 47.7 cm³/mol. The number of nitrogens with one attached hydrogen (secondary N) is 1. The van der Waals surface area contributed by atoms with Gasteiger partial charge in [0, 0.05) is 19.6 Å². The fourth-order valence-corrected chi connectivity index (χ4v) is 1.04. The molecular weight excluding hydrogens is 140 g/mol. The Morgan fingerprint density at radius 1 is 1.45 bits per heavy atom. The van der Waals surface area contributed by atoms with E-state index in [0.29, 0.717) is 6.54 Å². The van der Waals surface area contributed by atoms with E-state index in [2.05, 4.69) is 10.2 Å². The number of hydrogen-bond acceptors (Lipinski definition) is 3. The summed E-state index contributed by atoms with van der Waals surface area (Å²) >= 11 is 0. The Balaban J connectivity index is 3.44. The molecule has 0 aromatic carbocycles. The molecule has 0 radical (unpaired) electrons. The molecule has 0 aromatic heterocycles. The Morgan fingerprint density at radius 2 is 2.00 bits per heavy atom. The van der Waals surface area contributed by atoms with E-state index in [1.807, 2.05) is 27.9 Å². The van der Waals surface area contributed by atoms with Gasteiger partial charge in [0.1, 0.15) is 0 Å². The lowest BCUT2D eigenvalue weighted by Gasteiger charge is -2.25. The van der Waals surface area contributed by atoms with Crippen molar-refractivity contribution in [2.24, 2.45) is 0 Å². The van der Waals surface area contributed by atoms with Crippen LogP contribution in [0.4, 0.5) is 0 Å². The molecule has 3 nitrogen and oxygen atoms in total. The van der Waals surface area contributed by atoms with E-state index in [-0.39, 0.29) is 0 Å². The van der Waals surface area contributed by atoms with Gasteiger partial charge in [-0.25, -0.2) is 0 Å². The molecule has 0 atom stereocenters. The first-order valence-electron chi connectivity index (χ1n) is 4.01. The van der Waals surface area contributed by atoms with Gasteiger partial charge in [-0.1, -0.05) is 0 Å². The normalized spacial score (nSPS) is 12.5. The molecule has 0 aliphatic rings. The molecule has 3 heteroatoms. The van der Waals surface area contributed by atoms with Crippen molar-refractivity contribution in [3.63, 3.8) is 0 Å². The van der Waals surface area contributed by atoms with Crippen molar-refractivity contribution in [1.82, 2.24) is 10.2 Å². The van der Waals surface area contributed by atoms with Crippen LogP contribution in [0.2, 0.25) is 0 Å². The number of rotatable bonds is 5. The van der Waals surface area contributed by atoms with Crippen LogP contribution in [0, 0.1) is 0 Å². The molecule has 0 aliphatic heterocycles. The quantitative estimate of drug-likeness (QED) is 0.590. The Bertz CT molecular complexity index is 98.8. The topological polar surface area (TPSA) is 35.5 Å². The van der Waals surface area contributed by atoms with Crippen molar-refractivity contribution in [2.45, 2.75) is 19.4 Å². The number of aliphatic hydroxyl groups is 1. The van der Waals surface area contributed by atoms with Crippen LogP contribution in [0.3, 0.4) is 0 Å². The van der Waals surface area contributed by atoms with E-state index >= 15 is 0 Å². The van der Waals surface area contributed by atoms with Crippen molar-refractivity contribution < 1.29 is 5.11 Å². The van der Waals surface area contributed by atoms with E-state index in [1.165, 1.54) is 0 Å². The maximum absolute atomic E-state index is 9.43. The summed E-state index contributed by atoms with van der Waals surface area (Å²) in [4.78, 5) is 2.11. The molecule has 0 saturated carbocycles. The van der Waals surface area contributed by atoms with Gasteiger partial charge in [0.25, 0.3) is 0 Å². The molecule has 11 heavy (non-hydrogen) atoms. The minimum Gasteiger partial charge on any atom is -0.389 e. The third-order valence-electron chi connectivity index (χ3n) is 1.40. The smallest absolute Gasteiger partial charge is 0.0718 e. The molecular formula is C8H20N2O. The maximum Gasteiger partial charge on any atom is 0.0718 e. The minimum atomic E-state index is -0.581. The lowest BCUT2D eigenvalue weighted by atomic mass is 10.1. The van der Waals surface area contributed by atoms with Crippen LogP contribution in [-0.4, -0.2) is 49.3 Å². The number of hydrogen-bond donors (Lipinski definition) is 2. The summed E-state index contributed by atoms with van der Waals surface area (Å²) in [6, 6.07) is 0.